The molecular formula is C11H12Br2N2O4. The average molecular weight is 396 g/mol. The molecule has 0 amide bonds. The minimum absolute atomic E-state index is 0.0145. The number of ether oxygens (including phenoxy) is 2. The zero-order chi connectivity index (χ0) is 14.0. The molecule has 0 aliphatic carbocycles. The molecule has 1 fully saturated rings. The van der Waals surface area contributed by atoms with Crippen LogP contribution in [0.1, 0.15) is 12.6 Å². The molecule has 1 aromatic heterocycles. The molecule has 19 heavy (non-hydrogen) atoms. The van der Waals surface area contributed by atoms with E-state index < -0.39 is 17.5 Å². The topological polar surface area (TPSA) is 73.3 Å². The van der Waals surface area contributed by atoms with E-state index in [0.717, 1.165) is 0 Å². The molecule has 1 saturated heterocycles. The quantitative estimate of drug-likeness (QED) is 0.618. The van der Waals surface area contributed by atoms with Crippen molar-refractivity contribution in [2.45, 2.75) is 28.6 Å². The van der Waals surface area contributed by atoms with Crippen molar-refractivity contribution in [3.05, 3.63) is 45.9 Å². The fourth-order valence-electron chi connectivity index (χ4n) is 1.88. The van der Waals surface area contributed by atoms with E-state index in [-0.39, 0.29) is 15.9 Å². The number of H-pyrrole nitrogens is 1. The molecule has 1 unspecified atom stereocenters. The number of nitrogens with zero attached hydrogens (tertiary/aromatic N) is 1. The summed E-state index contributed by atoms with van der Waals surface area (Å²) in [5.41, 5.74) is -0.923. The minimum atomic E-state index is -0.492. The first-order valence-electron chi connectivity index (χ1n) is 5.54. The first-order valence-corrected chi connectivity index (χ1v) is 7.37. The molecule has 0 radical (unpaired) electrons. The highest BCUT2D eigenvalue weighted by Gasteiger charge is 2.39. The van der Waals surface area contributed by atoms with Gasteiger partial charge in [-0.05, 0) is 15.9 Å². The Kier molecular flexibility index (Phi) is 4.64. The molecule has 104 valence electrons. The summed E-state index contributed by atoms with van der Waals surface area (Å²) in [6, 6.07) is 1.28. The van der Waals surface area contributed by atoms with Crippen molar-refractivity contribution in [3.8, 4) is 0 Å². The van der Waals surface area contributed by atoms with Crippen LogP contribution in [0.2, 0.25) is 0 Å². The lowest BCUT2D eigenvalue weighted by atomic mass is 10.2. The molecule has 2 heterocycles. The van der Waals surface area contributed by atoms with E-state index in [0.29, 0.717) is 6.42 Å². The Bertz CT molecular complexity index is 570. The van der Waals surface area contributed by atoms with E-state index in [1.165, 1.54) is 23.1 Å². The van der Waals surface area contributed by atoms with Crippen LogP contribution in [0.4, 0.5) is 0 Å². The van der Waals surface area contributed by atoms with Crippen LogP contribution in [0, 0.1) is 0 Å². The first kappa shape index (κ1) is 14.5. The summed E-state index contributed by atoms with van der Waals surface area (Å²) < 4.78 is 12.3. The van der Waals surface area contributed by atoms with Crippen LogP contribution in [0.15, 0.2) is 34.7 Å². The van der Waals surface area contributed by atoms with Crippen LogP contribution in [-0.2, 0) is 9.47 Å². The van der Waals surface area contributed by atoms with Crippen LogP contribution in [0.25, 0.3) is 0 Å². The summed E-state index contributed by atoms with van der Waals surface area (Å²) >= 11 is 6.84. The lowest BCUT2D eigenvalue weighted by Gasteiger charge is -2.20. The van der Waals surface area contributed by atoms with Crippen LogP contribution in [0.5, 0.6) is 0 Å². The number of aromatic nitrogens is 2. The van der Waals surface area contributed by atoms with E-state index in [1.807, 2.05) is 0 Å². The Morgan fingerprint density at radius 1 is 1.63 bits per heavy atom. The van der Waals surface area contributed by atoms with Crippen LogP contribution in [-0.4, -0.2) is 25.5 Å². The van der Waals surface area contributed by atoms with Gasteiger partial charge >= 0.3 is 5.69 Å². The van der Waals surface area contributed by atoms with Gasteiger partial charge in [-0.25, -0.2) is 4.79 Å². The second kappa shape index (κ2) is 6.06. The van der Waals surface area contributed by atoms with E-state index in [1.54, 1.807) is 0 Å². The van der Waals surface area contributed by atoms with Gasteiger partial charge in [-0.2, -0.15) is 0 Å². The molecule has 6 nitrogen and oxygen atoms in total. The summed E-state index contributed by atoms with van der Waals surface area (Å²) in [5, 5.41) is -0.363. The van der Waals surface area contributed by atoms with Crippen molar-refractivity contribution in [2.24, 2.45) is 0 Å². The standard InChI is InChI=1S/C11H12Br2N2O4/c1-2-18-10(13)9-6(12)5-8(19-9)15-4-3-7(16)14-11(15)17/h2-4,6,8-10H,1,5H2,(H,14,16,17)/t6-,8+,9-,10?/m0/s1. The SMILES string of the molecule is C=COC(Br)[C@H]1O[C@@H](n2ccc(=O)[nH]c2=O)C[C@@H]1Br. The maximum Gasteiger partial charge on any atom is 0.330 e. The van der Waals surface area contributed by atoms with Crippen LogP contribution in [0.3, 0.4) is 0 Å². The minimum Gasteiger partial charge on any atom is -0.485 e. The van der Waals surface area contributed by atoms with Crippen LogP contribution >= 0.6 is 31.9 Å². The molecule has 1 aliphatic heterocycles. The van der Waals surface area contributed by atoms with E-state index >= 15 is 0 Å². The van der Waals surface area contributed by atoms with Gasteiger partial charge in [-0.1, -0.05) is 22.5 Å². The fraction of sp³-hybridized carbons (Fsp3) is 0.455. The molecule has 0 saturated carbocycles. The summed E-state index contributed by atoms with van der Waals surface area (Å²) in [5.74, 6) is 0. The molecule has 1 N–H and O–H groups in total. The normalized spacial score (nSPS) is 28.0. The summed E-state index contributed by atoms with van der Waals surface area (Å²) in [6.45, 7) is 3.48. The summed E-state index contributed by atoms with van der Waals surface area (Å²) in [4.78, 5) is 24.9. The number of aromatic amines is 1. The van der Waals surface area contributed by atoms with Crippen molar-refractivity contribution >= 4 is 31.9 Å². The fourth-order valence-corrected chi connectivity index (χ4v) is 3.65. The van der Waals surface area contributed by atoms with Gasteiger partial charge in [-0.3, -0.25) is 14.3 Å². The summed E-state index contributed by atoms with van der Waals surface area (Å²) in [7, 11) is 0. The predicted octanol–water partition coefficient (Wildman–Crippen LogP) is 1.47. The van der Waals surface area contributed by atoms with Gasteiger partial charge in [-0.15, -0.1) is 0 Å². The van der Waals surface area contributed by atoms with Gasteiger partial charge in [0.15, 0.2) is 5.01 Å². The Balaban J connectivity index is 2.18. The van der Waals surface area contributed by atoms with Crippen molar-refractivity contribution in [2.75, 3.05) is 0 Å². The zero-order valence-electron chi connectivity index (χ0n) is 9.79. The highest BCUT2D eigenvalue weighted by atomic mass is 79.9. The average Bonchev–Trinajstić information content (AvgIpc) is 2.71. The number of rotatable bonds is 4. The maximum absolute atomic E-state index is 11.7. The molecule has 1 aromatic rings. The number of nitrogens with one attached hydrogen (secondary N) is 1. The smallest absolute Gasteiger partial charge is 0.330 e. The van der Waals surface area contributed by atoms with Crippen LogP contribution < -0.4 is 11.2 Å². The highest BCUT2D eigenvalue weighted by Crippen LogP contribution is 2.36. The number of hydrogen-bond acceptors (Lipinski definition) is 4. The van der Waals surface area contributed by atoms with Gasteiger partial charge in [0.05, 0.1) is 6.26 Å². The van der Waals surface area contributed by atoms with Crippen molar-refractivity contribution in [1.29, 1.82) is 0 Å². The third-order valence-corrected chi connectivity index (χ3v) is 4.38. The second-order valence-corrected chi connectivity index (χ2v) is 6.06. The van der Waals surface area contributed by atoms with Gasteiger partial charge in [0.2, 0.25) is 0 Å². The zero-order valence-corrected chi connectivity index (χ0v) is 13.0. The number of alkyl halides is 2. The third kappa shape index (κ3) is 3.18. The monoisotopic (exact) mass is 394 g/mol. The number of halogens is 2. The lowest BCUT2D eigenvalue weighted by Crippen LogP contribution is -2.32. The largest absolute Gasteiger partial charge is 0.485 e. The van der Waals surface area contributed by atoms with Crippen molar-refractivity contribution in [1.82, 2.24) is 9.55 Å². The van der Waals surface area contributed by atoms with Crippen molar-refractivity contribution in [3.63, 3.8) is 0 Å². The Labute approximate surface area is 125 Å². The molecule has 0 bridgehead atoms. The van der Waals surface area contributed by atoms with Gasteiger partial charge in [0.1, 0.15) is 12.3 Å². The second-order valence-electron chi connectivity index (χ2n) is 3.98. The van der Waals surface area contributed by atoms with Crippen molar-refractivity contribution < 1.29 is 9.47 Å². The van der Waals surface area contributed by atoms with Gasteiger partial charge < -0.3 is 9.47 Å². The third-order valence-electron chi connectivity index (χ3n) is 2.74. The molecule has 2 rings (SSSR count). The lowest BCUT2D eigenvalue weighted by molar-refractivity contribution is -0.0343. The molecule has 8 heteroatoms. The van der Waals surface area contributed by atoms with E-state index in [9.17, 15) is 9.59 Å². The van der Waals surface area contributed by atoms with Gasteiger partial charge in [0, 0.05) is 23.5 Å². The summed E-state index contributed by atoms with van der Waals surface area (Å²) in [6.07, 6.45) is 2.60. The highest BCUT2D eigenvalue weighted by molar-refractivity contribution is 9.10. The molecule has 1 aliphatic rings. The Morgan fingerprint density at radius 3 is 3.00 bits per heavy atom. The molecule has 0 spiro atoms. The van der Waals surface area contributed by atoms with E-state index in [4.69, 9.17) is 9.47 Å². The Hall–Kier alpha value is -0.860. The maximum atomic E-state index is 11.7. The number of hydrogen-bond donors (Lipinski definition) is 1. The predicted molar refractivity (Wildman–Crippen MR) is 76.6 cm³/mol. The van der Waals surface area contributed by atoms with E-state index in [2.05, 4.69) is 43.4 Å². The molecular weight excluding hydrogens is 384 g/mol. The molecule has 0 aromatic carbocycles. The van der Waals surface area contributed by atoms with Gasteiger partial charge in [0.25, 0.3) is 5.56 Å². The molecule has 4 atom stereocenters. The first-order chi connectivity index (χ1) is 9.02. The Morgan fingerprint density at radius 2 is 2.37 bits per heavy atom.